The van der Waals surface area contributed by atoms with Gasteiger partial charge in [0.15, 0.2) is 0 Å². The third kappa shape index (κ3) is 27.6. The summed E-state index contributed by atoms with van der Waals surface area (Å²) in [5, 5.41) is 0. The van der Waals surface area contributed by atoms with E-state index in [1.807, 2.05) is 0 Å². The van der Waals surface area contributed by atoms with Crippen LogP contribution in [0, 0.1) is 0 Å². The minimum absolute atomic E-state index is 0. The average Bonchev–Trinajstić information content (AvgIpc) is 1.72. The molecule has 0 aliphatic rings. The van der Waals surface area contributed by atoms with Gasteiger partial charge in [-0.05, 0) is 18.5 Å². The summed E-state index contributed by atoms with van der Waals surface area (Å²) in [6.07, 6.45) is 0. The molecular formula is C3H10NNaO3P+. The van der Waals surface area contributed by atoms with Crippen LogP contribution in [-0.4, -0.2) is 13.7 Å². The first-order valence-corrected chi connectivity index (χ1v) is 3.22. The summed E-state index contributed by atoms with van der Waals surface area (Å²) in [6.45, 7) is 1.85. The Balaban J connectivity index is -0.000000109. The molecule has 0 aromatic heterocycles. The normalized spacial score (nSPS) is 8.22. The molecule has 0 amide bonds. The maximum atomic E-state index is 9.41. The van der Waals surface area contributed by atoms with Crippen LogP contribution < -0.4 is 40.2 Å². The zero-order valence-corrected chi connectivity index (χ0v) is 8.85. The summed E-state index contributed by atoms with van der Waals surface area (Å²) < 4.78 is 13.4. The van der Waals surface area contributed by atoms with Gasteiger partial charge >= 0.3 is 37.8 Å². The first-order chi connectivity index (χ1) is 3.77. The molecule has 0 bridgehead atoms. The van der Waals surface area contributed by atoms with Crippen molar-refractivity contribution in [2.75, 3.05) is 13.7 Å². The number of hydrogen-bond donors (Lipinski definition) is 1. The maximum absolute atomic E-state index is 9.41. The molecule has 2 N–H and O–H groups in total. The van der Waals surface area contributed by atoms with Gasteiger partial charge in [-0.3, -0.25) is 0 Å². The molecule has 1 atom stereocenters. The van der Waals surface area contributed by atoms with E-state index >= 15 is 0 Å². The molecule has 0 radical (unpaired) electrons. The van der Waals surface area contributed by atoms with Crippen LogP contribution in [0.3, 0.4) is 0 Å². The maximum Gasteiger partial charge on any atom is 1.00 e. The van der Waals surface area contributed by atoms with E-state index in [1.165, 1.54) is 7.05 Å². The topological polar surface area (TPSA) is 75.4 Å². The Kier molecular flexibility index (Phi) is 29.4. The van der Waals surface area contributed by atoms with Gasteiger partial charge in [-0.2, -0.15) is 0 Å². The Morgan fingerprint density at radius 1 is 1.67 bits per heavy atom. The number of nitrogens with two attached hydrogens (primary N) is 1. The van der Waals surface area contributed by atoms with Crippen LogP contribution in [0.15, 0.2) is 0 Å². The molecule has 9 heavy (non-hydrogen) atoms. The van der Waals surface area contributed by atoms with Gasteiger partial charge in [0.25, 0.3) is 0 Å². The third-order valence-corrected chi connectivity index (χ3v) is 0.704. The molecule has 0 spiro atoms. The zero-order valence-electron chi connectivity index (χ0n) is 5.96. The van der Waals surface area contributed by atoms with E-state index in [0.717, 1.165) is 0 Å². The van der Waals surface area contributed by atoms with Crippen LogP contribution >= 0.6 is 8.25 Å². The molecule has 1 unspecified atom stereocenters. The molecule has 0 rings (SSSR count). The standard InChI is InChI=1S/C2H5O3P.CH5N.Na/c1-2-5-6(3)4;1-2;/h2H2,1H3;2H2,1H3;/q;;+1. The largest absolute Gasteiger partial charge is 1.00 e. The number of rotatable bonds is 2. The molecule has 6 heteroatoms. The fraction of sp³-hybridized carbons (Fsp3) is 1.00. The molecule has 0 aromatic rings. The average molecular weight is 162 g/mol. The summed E-state index contributed by atoms with van der Waals surface area (Å²) in [5.74, 6) is 0. The van der Waals surface area contributed by atoms with Gasteiger partial charge < -0.3 is 10.6 Å². The molecule has 0 saturated carbocycles. The Morgan fingerprint density at radius 3 is 2.00 bits per heavy atom. The Hall–Kier alpha value is 0.980. The van der Waals surface area contributed by atoms with Crippen molar-refractivity contribution in [3.63, 3.8) is 0 Å². The molecule has 0 aromatic carbocycles. The SMILES string of the molecule is CCO[P+](=O)[O-].CN.[Na+]. The van der Waals surface area contributed by atoms with Crippen molar-refractivity contribution in [3.8, 4) is 0 Å². The van der Waals surface area contributed by atoms with E-state index in [9.17, 15) is 9.46 Å². The summed E-state index contributed by atoms with van der Waals surface area (Å²) in [7, 11) is -1.10. The quantitative estimate of drug-likeness (QED) is 0.339. The fourth-order valence-corrected chi connectivity index (χ4v) is 0.316. The fourth-order valence-electron chi connectivity index (χ4n) is 0.105. The molecule has 0 saturated heterocycles. The van der Waals surface area contributed by atoms with Crippen molar-refractivity contribution in [2.24, 2.45) is 5.73 Å². The summed E-state index contributed by atoms with van der Waals surface area (Å²) in [4.78, 5) is 9.41. The van der Waals surface area contributed by atoms with Crippen LogP contribution in [0.1, 0.15) is 6.92 Å². The van der Waals surface area contributed by atoms with E-state index in [-0.39, 0.29) is 36.2 Å². The number of hydrogen-bond acceptors (Lipinski definition) is 4. The van der Waals surface area contributed by atoms with Crippen molar-refractivity contribution in [2.45, 2.75) is 6.92 Å². The molecule has 4 nitrogen and oxygen atoms in total. The minimum Gasteiger partial charge on any atom is -0.566 e. The van der Waals surface area contributed by atoms with Gasteiger partial charge in [0.05, 0.1) is 6.61 Å². The van der Waals surface area contributed by atoms with Gasteiger partial charge in [-0.25, -0.2) is 0 Å². The second-order valence-corrected chi connectivity index (χ2v) is 1.35. The third-order valence-electron chi connectivity index (χ3n) is 0.235. The van der Waals surface area contributed by atoms with Crippen molar-refractivity contribution in [3.05, 3.63) is 0 Å². The summed E-state index contributed by atoms with van der Waals surface area (Å²) >= 11 is 0. The van der Waals surface area contributed by atoms with E-state index in [2.05, 4.69) is 10.3 Å². The van der Waals surface area contributed by atoms with E-state index < -0.39 is 8.25 Å². The van der Waals surface area contributed by atoms with Crippen LogP contribution in [-0.2, 0) is 9.09 Å². The Bertz CT molecular complexity index is 63.0. The Morgan fingerprint density at radius 2 is 2.00 bits per heavy atom. The van der Waals surface area contributed by atoms with Crippen molar-refractivity contribution in [1.82, 2.24) is 0 Å². The van der Waals surface area contributed by atoms with E-state index in [4.69, 9.17) is 0 Å². The predicted molar refractivity (Wildman–Crippen MR) is 29.3 cm³/mol. The smallest absolute Gasteiger partial charge is 0.566 e. The molecule has 0 fully saturated rings. The van der Waals surface area contributed by atoms with Gasteiger partial charge in [-0.15, -0.1) is 4.52 Å². The van der Waals surface area contributed by atoms with Crippen LogP contribution in [0.2, 0.25) is 0 Å². The zero-order chi connectivity index (χ0) is 6.99. The van der Waals surface area contributed by atoms with Gasteiger partial charge in [0.1, 0.15) is 0 Å². The van der Waals surface area contributed by atoms with Gasteiger partial charge in [0.2, 0.25) is 0 Å². The monoisotopic (exact) mass is 162 g/mol. The van der Waals surface area contributed by atoms with Crippen LogP contribution in [0.5, 0.6) is 0 Å². The molecule has 0 heterocycles. The molecule has 0 aliphatic carbocycles. The van der Waals surface area contributed by atoms with Gasteiger partial charge in [-0.1, -0.05) is 0 Å². The van der Waals surface area contributed by atoms with Crippen molar-refractivity contribution in [1.29, 1.82) is 0 Å². The summed E-state index contributed by atoms with van der Waals surface area (Å²) in [6, 6.07) is 0. The van der Waals surface area contributed by atoms with E-state index in [1.54, 1.807) is 6.92 Å². The van der Waals surface area contributed by atoms with Crippen LogP contribution in [0.4, 0.5) is 0 Å². The first kappa shape index (κ1) is 16.5. The molecule has 0 aliphatic heterocycles. The first-order valence-electron chi connectivity index (χ1n) is 2.12. The second-order valence-electron chi connectivity index (χ2n) is 0.641. The van der Waals surface area contributed by atoms with E-state index in [0.29, 0.717) is 0 Å². The molecular weight excluding hydrogens is 152 g/mol. The summed E-state index contributed by atoms with van der Waals surface area (Å²) in [5.41, 5.74) is 4.50. The van der Waals surface area contributed by atoms with Gasteiger partial charge in [0, 0.05) is 0 Å². The molecule has 50 valence electrons. The second kappa shape index (κ2) is 16.0. The minimum atomic E-state index is -2.60. The van der Waals surface area contributed by atoms with Crippen molar-refractivity contribution >= 4 is 8.25 Å². The van der Waals surface area contributed by atoms with Crippen LogP contribution in [0.25, 0.3) is 0 Å². The predicted octanol–water partition coefficient (Wildman–Crippen LogP) is -3.38. The Labute approximate surface area is 78.0 Å². The van der Waals surface area contributed by atoms with Crippen molar-refractivity contribution < 1.29 is 43.5 Å².